The van der Waals surface area contributed by atoms with Crippen molar-refractivity contribution in [3.05, 3.63) is 45.5 Å². The van der Waals surface area contributed by atoms with Gasteiger partial charge in [-0.15, -0.1) is 0 Å². The molecule has 1 heterocycles. The molecule has 9 nitrogen and oxygen atoms in total. The first kappa shape index (κ1) is 21.8. The summed E-state index contributed by atoms with van der Waals surface area (Å²) in [6.07, 6.45) is 7.60. The fourth-order valence-corrected chi connectivity index (χ4v) is 3.63. The number of morpholine rings is 1. The van der Waals surface area contributed by atoms with Crippen LogP contribution in [0.3, 0.4) is 0 Å². The summed E-state index contributed by atoms with van der Waals surface area (Å²) >= 11 is 0. The number of allylic oxidation sites excluding steroid dienone is 1. The van der Waals surface area contributed by atoms with E-state index in [4.69, 9.17) is 9.47 Å². The summed E-state index contributed by atoms with van der Waals surface area (Å²) < 4.78 is 10.3. The molecule has 0 unspecified atom stereocenters. The van der Waals surface area contributed by atoms with Gasteiger partial charge in [0.2, 0.25) is 0 Å². The van der Waals surface area contributed by atoms with Crippen molar-refractivity contribution in [3.63, 3.8) is 0 Å². The van der Waals surface area contributed by atoms with Gasteiger partial charge in [-0.1, -0.05) is 11.6 Å². The molecule has 162 valence electrons. The number of esters is 1. The second-order valence-corrected chi connectivity index (χ2v) is 7.34. The largest absolute Gasteiger partial charge is 0.452 e. The van der Waals surface area contributed by atoms with Crippen LogP contribution in [-0.2, 0) is 14.3 Å². The van der Waals surface area contributed by atoms with Crippen molar-refractivity contribution in [2.75, 3.05) is 44.4 Å². The van der Waals surface area contributed by atoms with Crippen molar-refractivity contribution in [2.45, 2.75) is 32.1 Å². The Labute approximate surface area is 175 Å². The molecule has 0 aromatic heterocycles. The summed E-state index contributed by atoms with van der Waals surface area (Å²) in [5.41, 5.74) is 1.66. The number of nitro groups is 1. The van der Waals surface area contributed by atoms with Crippen molar-refractivity contribution < 1.29 is 24.0 Å². The molecule has 1 aliphatic heterocycles. The molecule has 0 radical (unpaired) electrons. The van der Waals surface area contributed by atoms with Gasteiger partial charge in [0.1, 0.15) is 5.69 Å². The van der Waals surface area contributed by atoms with E-state index < -0.39 is 17.5 Å². The minimum atomic E-state index is -0.767. The molecule has 3 rings (SSSR count). The number of carbonyl (C=O) groups is 2. The number of rotatable bonds is 8. The van der Waals surface area contributed by atoms with Gasteiger partial charge in [-0.2, -0.15) is 0 Å². The van der Waals surface area contributed by atoms with Gasteiger partial charge in [0.05, 0.1) is 23.7 Å². The van der Waals surface area contributed by atoms with Crippen LogP contribution < -0.4 is 10.2 Å². The lowest BCUT2D eigenvalue weighted by Crippen LogP contribution is -2.36. The van der Waals surface area contributed by atoms with Gasteiger partial charge >= 0.3 is 5.97 Å². The molecule has 30 heavy (non-hydrogen) atoms. The van der Waals surface area contributed by atoms with Crippen LogP contribution in [-0.4, -0.2) is 56.3 Å². The molecule has 0 bridgehead atoms. The molecule has 1 aliphatic carbocycles. The maximum Gasteiger partial charge on any atom is 0.338 e. The van der Waals surface area contributed by atoms with Crippen molar-refractivity contribution >= 4 is 23.3 Å². The van der Waals surface area contributed by atoms with Crippen LogP contribution in [0, 0.1) is 10.1 Å². The second kappa shape index (κ2) is 10.7. The quantitative estimate of drug-likeness (QED) is 0.299. The fourth-order valence-electron chi connectivity index (χ4n) is 3.63. The highest BCUT2D eigenvalue weighted by molar-refractivity contribution is 5.93. The van der Waals surface area contributed by atoms with Gasteiger partial charge in [0.25, 0.3) is 11.6 Å². The summed E-state index contributed by atoms with van der Waals surface area (Å²) in [5.74, 6) is -1.16. The molecule has 0 saturated carbocycles. The zero-order chi connectivity index (χ0) is 21.3. The molecule has 9 heteroatoms. The third-order valence-electron chi connectivity index (χ3n) is 5.25. The van der Waals surface area contributed by atoms with Crippen LogP contribution in [0.2, 0.25) is 0 Å². The number of amides is 1. The minimum absolute atomic E-state index is 0.0406. The van der Waals surface area contributed by atoms with Gasteiger partial charge < -0.3 is 19.7 Å². The van der Waals surface area contributed by atoms with Gasteiger partial charge in [-0.05, 0) is 44.2 Å². The smallest absolute Gasteiger partial charge is 0.338 e. The average Bonchev–Trinajstić information content (AvgIpc) is 2.78. The Bertz CT molecular complexity index is 817. The Kier molecular flexibility index (Phi) is 7.78. The number of hydrogen-bond acceptors (Lipinski definition) is 7. The van der Waals surface area contributed by atoms with E-state index in [1.165, 1.54) is 36.6 Å². The maximum atomic E-state index is 12.3. The first-order valence-corrected chi connectivity index (χ1v) is 10.3. The number of ether oxygens (including phenoxy) is 2. The van der Waals surface area contributed by atoms with E-state index in [0.717, 1.165) is 19.3 Å². The predicted octanol–water partition coefficient (Wildman–Crippen LogP) is 2.59. The Hall–Kier alpha value is -2.94. The van der Waals surface area contributed by atoms with Crippen LogP contribution >= 0.6 is 0 Å². The van der Waals surface area contributed by atoms with Gasteiger partial charge in [-0.25, -0.2) is 4.79 Å². The first-order valence-electron chi connectivity index (χ1n) is 10.3. The van der Waals surface area contributed by atoms with E-state index in [1.54, 1.807) is 0 Å². The lowest BCUT2D eigenvalue weighted by molar-refractivity contribution is -0.384. The SMILES string of the molecule is O=C(COC(=O)c1ccc(N2CCOCC2)c([N+](=O)[O-])c1)NCCC1=CCCCC1. The summed E-state index contributed by atoms with van der Waals surface area (Å²) in [5, 5.41) is 14.2. The lowest BCUT2D eigenvalue weighted by Gasteiger charge is -2.28. The van der Waals surface area contributed by atoms with Gasteiger partial charge in [0.15, 0.2) is 6.61 Å². The monoisotopic (exact) mass is 417 g/mol. The number of anilines is 1. The van der Waals surface area contributed by atoms with Crippen LogP contribution in [0.15, 0.2) is 29.8 Å². The number of hydrogen-bond donors (Lipinski definition) is 1. The molecule has 1 N–H and O–H groups in total. The first-order chi connectivity index (χ1) is 14.5. The summed E-state index contributed by atoms with van der Waals surface area (Å²) in [7, 11) is 0. The zero-order valence-electron chi connectivity index (χ0n) is 16.9. The molecule has 1 saturated heterocycles. The van der Waals surface area contributed by atoms with Crippen molar-refractivity contribution in [1.82, 2.24) is 5.32 Å². The topological polar surface area (TPSA) is 111 Å². The fraction of sp³-hybridized carbons (Fsp3) is 0.524. The molecule has 0 atom stereocenters. The maximum absolute atomic E-state index is 12.3. The number of nitrogens with one attached hydrogen (secondary N) is 1. The highest BCUT2D eigenvalue weighted by atomic mass is 16.6. The minimum Gasteiger partial charge on any atom is -0.452 e. The van der Waals surface area contributed by atoms with Crippen LogP contribution in [0.4, 0.5) is 11.4 Å². The van der Waals surface area contributed by atoms with Crippen LogP contribution in [0.25, 0.3) is 0 Å². The van der Waals surface area contributed by atoms with Crippen molar-refractivity contribution in [1.29, 1.82) is 0 Å². The number of benzene rings is 1. The zero-order valence-corrected chi connectivity index (χ0v) is 16.9. The van der Waals surface area contributed by atoms with E-state index in [1.807, 2.05) is 4.90 Å². The van der Waals surface area contributed by atoms with E-state index in [-0.39, 0.29) is 17.2 Å². The molecule has 1 fully saturated rings. The van der Waals surface area contributed by atoms with Crippen molar-refractivity contribution in [2.24, 2.45) is 0 Å². The summed E-state index contributed by atoms with van der Waals surface area (Å²) in [6.45, 7) is 2.16. The van der Waals surface area contributed by atoms with Gasteiger partial charge in [-0.3, -0.25) is 14.9 Å². The van der Waals surface area contributed by atoms with E-state index >= 15 is 0 Å². The Morgan fingerprint density at radius 1 is 1.23 bits per heavy atom. The third kappa shape index (κ3) is 6.03. The molecule has 1 aromatic rings. The van der Waals surface area contributed by atoms with Gasteiger partial charge in [0, 0.05) is 25.7 Å². The summed E-state index contributed by atoms with van der Waals surface area (Å²) in [4.78, 5) is 37.0. The average molecular weight is 417 g/mol. The second-order valence-electron chi connectivity index (χ2n) is 7.34. The predicted molar refractivity (Wildman–Crippen MR) is 111 cm³/mol. The number of nitro benzene ring substituents is 1. The van der Waals surface area contributed by atoms with Crippen molar-refractivity contribution in [3.8, 4) is 0 Å². The van der Waals surface area contributed by atoms with E-state index in [2.05, 4.69) is 11.4 Å². The molecule has 0 spiro atoms. The molecule has 1 aromatic carbocycles. The standard InChI is InChI=1S/C21H27N3O6/c25-20(22-9-8-16-4-2-1-3-5-16)15-30-21(26)17-6-7-18(19(14-17)24(27)28)23-10-12-29-13-11-23/h4,6-7,14H,1-3,5,8-13,15H2,(H,22,25). The summed E-state index contributed by atoms with van der Waals surface area (Å²) in [6, 6.07) is 4.21. The Morgan fingerprint density at radius 2 is 2.03 bits per heavy atom. The van der Waals surface area contributed by atoms with E-state index in [0.29, 0.717) is 38.5 Å². The Morgan fingerprint density at radius 3 is 2.73 bits per heavy atom. The normalized spacial score (nSPS) is 16.5. The molecular weight excluding hydrogens is 390 g/mol. The number of carbonyl (C=O) groups excluding carboxylic acids is 2. The molecular formula is C21H27N3O6. The van der Waals surface area contributed by atoms with Crippen LogP contribution in [0.5, 0.6) is 0 Å². The van der Waals surface area contributed by atoms with Crippen LogP contribution in [0.1, 0.15) is 42.5 Å². The number of nitrogens with zero attached hydrogens (tertiary/aromatic N) is 2. The molecule has 1 amide bonds. The van der Waals surface area contributed by atoms with E-state index in [9.17, 15) is 19.7 Å². The Balaban J connectivity index is 1.51. The highest BCUT2D eigenvalue weighted by Crippen LogP contribution is 2.30. The third-order valence-corrected chi connectivity index (χ3v) is 5.25. The molecule has 2 aliphatic rings. The highest BCUT2D eigenvalue weighted by Gasteiger charge is 2.24. The lowest BCUT2D eigenvalue weighted by atomic mass is 9.97.